The summed E-state index contributed by atoms with van der Waals surface area (Å²) in [4.78, 5) is 0. The molecule has 0 spiro atoms. The Morgan fingerprint density at radius 2 is 0.943 bits per heavy atom. The van der Waals surface area contributed by atoms with Crippen LogP contribution in [0.1, 0.15) is 55.5 Å². The Bertz CT molecular complexity index is 1060. The lowest BCUT2D eigenvalue weighted by Gasteiger charge is -2.13. The minimum atomic E-state index is 0.0912. The second-order valence-electron chi connectivity index (χ2n) is 6.69. The first kappa shape index (κ1) is 29.4. The summed E-state index contributed by atoms with van der Waals surface area (Å²) in [5, 5.41) is 9.10. The maximum absolute atomic E-state index is 5.61. The van der Waals surface area contributed by atoms with Gasteiger partial charge in [0.1, 0.15) is 0 Å². The molecule has 0 fully saturated rings. The molecule has 184 valence electrons. The summed E-state index contributed by atoms with van der Waals surface area (Å²) in [6.07, 6.45) is 0. The molecule has 0 bridgehead atoms. The average molecular weight is 507 g/mol. The van der Waals surface area contributed by atoms with Gasteiger partial charge in [-0.2, -0.15) is 10.2 Å². The Morgan fingerprint density at radius 3 is 1.26 bits per heavy atom. The van der Waals surface area contributed by atoms with Crippen molar-refractivity contribution in [3.05, 3.63) is 107 Å². The predicted octanol–water partition coefficient (Wildman–Crippen LogP) is 5.22. The highest BCUT2D eigenvalue weighted by Crippen LogP contribution is 2.19. The third-order valence-corrected chi connectivity index (χ3v) is 4.46. The number of thiocarbonyl (C=S) groups is 2. The minimum Gasteiger partial charge on any atom is -0.375 e. The molecule has 0 radical (unpaired) electrons. The molecule has 0 aromatic heterocycles. The number of nitrogens with zero attached hydrogens (tertiary/aromatic N) is 2. The molecule has 0 atom stereocenters. The molecule has 0 amide bonds. The predicted molar refractivity (Wildman–Crippen MR) is 158 cm³/mol. The van der Waals surface area contributed by atoms with E-state index in [1.165, 1.54) is 0 Å². The van der Waals surface area contributed by atoms with Crippen LogP contribution in [0.4, 0.5) is 0 Å². The molecule has 0 heterocycles. The van der Waals surface area contributed by atoms with Gasteiger partial charge in [-0.15, -0.1) is 0 Å². The zero-order valence-electron chi connectivity index (χ0n) is 20.9. The van der Waals surface area contributed by atoms with Gasteiger partial charge in [-0.25, -0.2) is 0 Å². The molecule has 0 aliphatic rings. The van der Waals surface area contributed by atoms with Gasteiger partial charge in [0.15, 0.2) is 10.2 Å². The van der Waals surface area contributed by atoms with Crippen LogP contribution in [-0.4, -0.2) is 21.6 Å². The van der Waals surface area contributed by atoms with Crippen molar-refractivity contribution in [2.24, 2.45) is 21.7 Å². The molecule has 6 nitrogen and oxygen atoms in total. The second kappa shape index (κ2) is 16.1. The first-order valence-electron chi connectivity index (χ1n) is 11.4. The van der Waals surface area contributed by atoms with E-state index in [-0.39, 0.29) is 10.2 Å². The molecule has 0 saturated heterocycles. The third kappa shape index (κ3) is 9.64. The largest absolute Gasteiger partial charge is 0.375 e. The second-order valence-corrected chi connectivity index (χ2v) is 7.57. The molecule has 0 saturated carbocycles. The van der Waals surface area contributed by atoms with Crippen LogP contribution in [0.5, 0.6) is 0 Å². The third-order valence-electron chi connectivity index (χ3n) is 4.27. The number of hydrazone groups is 2. The number of nitrogens with one attached hydrogen (secondary N) is 2. The van der Waals surface area contributed by atoms with Crippen LogP contribution in [0.15, 0.2) is 89.1 Å². The fourth-order valence-corrected chi connectivity index (χ4v) is 3.15. The van der Waals surface area contributed by atoms with Crippen LogP contribution in [-0.2, 0) is 0 Å². The smallest absolute Gasteiger partial charge is 0.184 e. The van der Waals surface area contributed by atoms with Crippen LogP contribution in [0.25, 0.3) is 0 Å². The number of rotatable bonds is 6. The molecule has 3 rings (SSSR count). The summed E-state index contributed by atoms with van der Waals surface area (Å²) in [6, 6.07) is 25.7. The van der Waals surface area contributed by atoms with Gasteiger partial charge in [0, 0.05) is 22.3 Å². The maximum Gasteiger partial charge on any atom is 0.184 e. The topological polar surface area (TPSA) is 101 Å². The highest BCUT2D eigenvalue weighted by atomic mass is 32.1. The molecule has 3 aromatic carbocycles. The van der Waals surface area contributed by atoms with Crippen LogP contribution in [0, 0.1) is 6.92 Å². The van der Waals surface area contributed by atoms with Gasteiger partial charge in [-0.05, 0) is 55.1 Å². The summed E-state index contributed by atoms with van der Waals surface area (Å²) >= 11 is 9.88. The molecule has 8 heteroatoms. The van der Waals surface area contributed by atoms with Gasteiger partial charge in [0.25, 0.3) is 0 Å². The fourth-order valence-electron chi connectivity index (χ4n) is 3.06. The lowest BCUT2D eigenvalue weighted by atomic mass is 9.94. The summed E-state index contributed by atoms with van der Waals surface area (Å²) in [5.74, 6) is 0. The van der Waals surface area contributed by atoms with Crippen molar-refractivity contribution in [1.82, 2.24) is 10.9 Å². The van der Waals surface area contributed by atoms with Gasteiger partial charge < -0.3 is 11.5 Å². The van der Waals surface area contributed by atoms with Gasteiger partial charge in [-0.3, -0.25) is 10.9 Å². The zero-order valence-corrected chi connectivity index (χ0v) is 22.5. The van der Waals surface area contributed by atoms with Crippen molar-refractivity contribution < 1.29 is 0 Å². The standard InChI is InChI=1S/C23H22N6S2.2C2H6/c1-15-12-18(20(26-28-22(24)30)16-8-4-2-5-9-16)14-19(13-15)21(27-29-23(25)31)17-10-6-3-7-11-17;2*1-2/h2-14H,1H3,(H3,24,28,30)(H3,25,29,31);2*1-2H3. The Hall–Kier alpha value is -3.62. The molecule has 0 unspecified atom stereocenters. The normalized spacial score (nSPS) is 10.7. The lowest BCUT2D eigenvalue weighted by molar-refractivity contribution is 1.03. The van der Waals surface area contributed by atoms with E-state index in [4.69, 9.17) is 35.9 Å². The summed E-state index contributed by atoms with van der Waals surface area (Å²) in [7, 11) is 0. The first-order chi connectivity index (χ1) is 16.9. The summed E-state index contributed by atoms with van der Waals surface area (Å²) in [5.41, 5.74) is 22.7. The first-order valence-corrected chi connectivity index (χ1v) is 12.2. The van der Waals surface area contributed by atoms with Crippen molar-refractivity contribution in [2.45, 2.75) is 34.6 Å². The van der Waals surface area contributed by atoms with Crippen molar-refractivity contribution >= 4 is 46.1 Å². The van der Waals surface area contributed by atoms with Gasteiger partial charge in [0.05, 0.1) is 11.4 Å². The molecular formula is C27H34N6S2. The van der Waals surface area contributed by atoms with Crippen LogP contribution >= 0.6 is 24.4 Å². The average Bonchev–Trinajstić information content (AvgIpc) is 2.87. The van der Waals surface area contributed by atoms with Crippen molar-refractivity contribution in [2.75, 3.05) is 0 Å². The molecular weight excluding hydrogens is 472 g/mol. The Balaban J connectivity index is 0.00000145. The van der Waals surface area contributed by atoms with E-state index in [1.807, 2.05) is 113 Å². The summed E-state index contributed by atoms with van der Waals surface area (Å²) in [6.45, 7) is 10.0. The van der Waals surface area contributed by atoms with E-state index in [1.54, 1.807) is 0 Å². The van der Waals surface area contributed by atoms with E-state index in [0.717, 1.165) is 27.8 Å². The van der Waals surface area contributed by atoms with Crippen molar-refractivity contribution in [3.8, 4) is 0 Å². The van der Waals surface area contributed by atoms with Crippen molar-refractivity contribution in [3.63, 3.8) is 0 Å². The summed E-state index contributed by atoms with van der Waals surface area (Å²) < 4.78 is 0. The van der Waals surface area contributed by atoms with Gasteiger partial charge >= 0.3 is 0 Å². The van der Waals surface area contributed by atoms with Crippen molar-refractivity contribution in [1.29, 1.82) is 0 Å². The fraction of sp³-hybridized carbons (Fsp3) is 0.185. The number of aryl methyl sites for hydroxylation is 1. The minimum absolute atomic E-state index is 0.0912. The molecule has 35 heavy (non-hydrogen) atoms. The van der Waals surface area contributed by atoms with E-state index < -0.39 is 0 Å². The lowest BCUT2D eigenvalue weighted by Crippen LogP contribution is -2.26. The highest BCUT2D eigenvalue weighted by Gasteiger charge is 2.14. The maximum atomic E-state index is 5.61. The quantitative estimate of drug-likeness (QED) is 0.208. The van der Waals surface area contributed by atoms with E-state index in [0.29, 0.717) is 11.4 Å². The number of benzene rings is 3. The molecule has 0 aliphatic heterocycles. The Morgan fingerprint density at radius 1 is 0.600 bits per heavy atom. The SMILES string of the molecule is CC.CC.Cc1cc(C(=NNC(N)=S)c2ccccc2)cc(C(=NNC(N)=S)c2ccccc2)c1. The van der Waals surface area contributed by atoms with E-state index >= 15 is 0 Å². The van der Waals surface area contributed by atoms with Crippen LogP contribution < -0.4 is 22.3 Å². The van der Waals surface area contributed by atoms with E-state index in [2.05, 4.69) is 21.1 Å². The van der Waals surface area contributed by atoms with Gasteiger partial charge in [-0.1, -0.05) is 88.4 Å². The Kier molecular flexibility index (Phi) is 13.5. The van der Waals surface area contributed by atoms with E-state index in [9.17, 15) is 0 Å². The van der Waals surface area contributed by atoms with Crippen LogP contribution in [0.3, 0.4) is 0 Å². The zero-order chi connectivity index (χ0) is 26.2. The number of nitrogens with two attached hydrogens (primary N) is 2. The Labute approximate surface area is 219 Å². The number of hydrogen-bond donors (Lipinski definition) is 4. The van der Waals surface area contributed by atoms with Gasteiger partial charge in [0.2, 0.25) is 0 Å². The molecule has 0 aliphatic carbocycles. The molecule has 6 N–H and O–H groups in total. The monoisotopic (exact) mass is 506 g/mol. The highest BCUT2D eigenvalue weighted by molar-refractivity contribution is 7.80. The van der Waals surface area contributed by atoms with Crippen LogP contribution in [0.2, 0.25) is 0 Å². The molecule has 3 aromatic rings. The number of hydrogen-bond acceptors (Lipinski definition) is 4.